The van der Waals surface area contributed by atoms with Gasteiger partial charge in [0.2, 0.25) is 0 Å². The Kier molecular flexibility index (Phi) is 4.31. The number of hydrogen-bond acceptors (Lipinski definition) is 4. The number of nitrogens with zero attached hydrogens (tertiary/aromatic N) is 1. The number of amides is 2. The zero-order valence-corrected chi connectivity index (χ0v) is 16.8. The van der Waals surface area contributed by atoms with Crippen molar-refractivity contribution >= 4 is 51.8 Å². The van der Waals surface area contributed by atoms with Crippen molar-refractivity contribution in [1.82, 2.24) is 10.3 Å². The van der Waals surface area contributed by atoms with Crippen LogP contribution in [0.2, 0.25) is 10.0 Å². The third-order valence-electron chi connectivity index (χ3n) is 5.64. The van der Waals surface area contributed by atoms with Gasteiger partial charge in [-0.1, -0.05) is 29.3 Å². The first-order chi connectivity index (χ1) is 14.0. The topological polar surface area (TPSA) is 74.4 Å². The van der Waals surface area contributed by atoms with Crippen molar-refractivity contribution in [3.63, 3.8) is 0 Å². The molecule has 1 saturated heterocycles. The van der Waals surface area contributed by atoms with E-state index >= 15 is 0 Å². The minimum absolute atomic E-state index is 0.371. The van der Waals surface area contributed by atoms with Crippen molar-refractivity contribution < 1.29 is 14.3 Å². The Morgan fingerprint density at radius 1 is 1.07 bits per heavy atom. The number of anilines is 1. The SMILES string of the molecule is O=C1OC2(CCNCC2)c2cc(Cl)ccc2N1C(=O)c1c[nH]c2cc(Cl)ccc12. The van der Waals surface area contributed by atoms with E-state index in [2.05, 4.69) is 10.3 Å². The predicted molar refractivity (Wildman–Crippen MR) is 112 cm³/mol. The third kappa shape index (κ3) is 2.90. The highest BCUT2D eigenvalue weighted by atomic mass is 35.5. The first kappa shape index (κ1) is 18.5. The predicted octanol–water partition coefficient (Wildman–Crippen LogP) is 4.85. The van der Waals surface area contributed by atoms with E-state index < -0.39 is 17.6 Å². The van der Waals surface area contributed by atoms with Crippen LogP contribution in [0.5, 0.6) is 0 Å². The summed E-state index contributed by atoms with van der Waals surface area (Å²) < 4.78 is 5.90. The molecule has 2 aromatic carbocycles. The Morgan fingerprint density at radius 3 is 2.59 bits per heavy atom. The van der Waals surface area contributed by atoms with Gasteiger partial charge in [-0.25, -0.2) is 9.69 Å². The number of fused-ring (bicyclic) bond motifs is 3. The molecule has 5 rings (SSSR count). The molecule has 148 valence electrons. The molecule has 2 N–H and O–H groups in total. The van der Waals surface area contributed by atoms with Gasteiger partial charge in [-0.15, -0.1) is 0 Å². The molecule has 0 bridgehead atoms. The van der Waals surface area contributed by atoms with Gasteiger partial charge in [-0.05, 0) is 43.4 Å². The van der Waals surface area contributed by atoms with E-state index in [4.69, 9.17) is 27.9 Å². The number of carbonyl (C=O) groups excluding carboxylic acids is 2. The number of halogens is 2. The lowest BCUT2D eigenvalue weighted by Gasteiger charge is -2.44. The van der Waals surface area contributed by atoms with E-state index in [0.29, 0.717) is 39.5 Å². The molecule has 2 aliphatic heterocycles. The van der Waals surface area contributed by atoms with Gasteiger partial charge in [-0.2, -0.15) is 0 Å². The Labute approximate surface area is 176 Å². The van der Waals surface area contributed by atoms with Crippen LogP contribution in [0.3, 0.4) is 0 Å². The van der Waals surface area contributed by atoms with Crippen molar-refractivity contribution in [2.75, 3.05) is 18.0 Å². The fraction of sp³-hybridized carbons (Fsp3) is 0.238. The van der Waals surface area contributed by atoms with E-state index in [9.17, 15) is 9.59 Å². The molecule has 3 aromatic rings. The molecule has 0 unspecified atom stereocenters. The minimum Gasteiger partial charge on any atom is -0.437 e. The number of aromatic amines is 1. The second-order valence-electron chi connectivity index (χ2n) is 7.31. The van der Waals surface area contributed by atoms with Gasteiger partial charge in [0.05, 0.1) is 11.3 Å². The van der Waals surface area contributed by atoms with Crippen molar-refractivity contribution in [1.29, 1.82) is 0 Å². The van der Waals surface area contributed by atoms with E-state index in [-0.39, 0.29) is 0 Å². The molecule has 2 aliphatic rings. The summed E-state index contributed by atoms with van der Waals surface area (Å²) in [6, 6.07) is 10.4. The number of piperidine rings is 1. The van der Waals surface area contributed by atoms with Crippen molar-refractivity contribution in [3.8, 4) is 0 Å². The normalized spacial score (nSPS) is 18.0. The fourth-order valence-corrected chi connectivity index (χ4v) is 4.57. The standard InChI is InChI=1S/C21H17Cl2N3O3/c22-12-2-4-18-16(9-12)21(5-7-24-8-6-21)29-20(28)26(18)19(27)15-11-25-17-10-13(23)1-3-14(15)17/h1-4,9-11,24-25H,5-8H2. The number of carbonyl (C=O) groups is 2. The smallest absolute Gasteiger partial charge is 0.422 e. The van der Waals surface area contributed by atoms with Gasteiger partial charge >= 0.3 is 6.09 Å². The van der Waals surface area contributed by atoms with Crippen molar-refractivity contribution in [3.05, 3.63) is 63.8 Å². The second kappa shape index (κ2) is 6.76. The number of aromatic nitrogens is 1. The van der Waals surface area contributed by atoms with E-state index in [0.717, 1.165) is 29.1 Å². The number of hydrogen-bond donors (Lipinski definition) is 2. The summed E-state index contributed by atoms with van der Waals surface area (Å²) in [5, 5.41) is 5.06. The minimum atomic E-state index is -0.771. The maximum Gasteiger partial charge on any atom is 0.422 e. The number of benzene rings is 2. The average molecular weight is 430 g/mol. The first-order valence-corrected chi connectivity index (χ1v) is 10.1. The molecule has 6 nitrogen and oxygen atoms in total. The zero-order valence-electron chi connectivity index (χ0n) is 15.3. The van der Waals surface area contributed by atoms with Crippen LogP contribution in [-0.2, 0) is 10.3 Å². The van der Waals surface area contributed by atoms with Crippen molar-refractivity contribution in [2.24, 2.45) is 0 Å². The van der Waals surface area contributed by atoms with Crippen LogP contribution >= 0.6 is 23.2 Å². The van der Waals surface area contributed by atoms with Crippen LogP contribution in [0.15, 0.2) is 42.6 Å². The fourth-order valence-electron chi connectivity index (χ4n) is 4.22. The molecule has 8 heteroatoms. The molecule has 1 fully saturated rings. The van der Waals surface area contributed by atoms with Gasteiger partial charge in [0, 0.05) is 45.6 Å². The van der Waals surface area contributed by atoms with Gasteiger partial charge in [0.25, 0.3) is 5.91 Å². The van der Waals surface area contributed by atoms with Gasteiger partial charge < -0.3 is 15.0 Å². The summed E-state index contributed by atoms with van der Waals surface area (Å²) >= 11 is 12.3. The molecule has 2 amide bonds. The quantitative estimate of drug-likeness (QED) is 0.579. The molecule has 0 atom stereocenters. The summed E-state index contributed by atoms with van der Waals surface area (Å²) in [5.41, 5.74) is 1.60. The number of imide groups is 1. The average Bonchev–Trinajstić information content (AvgIpc) is 3.12. The largest absolute Gasteiger partial charge is 0.437 e. The number of rotatable bonds is 1. The molecular formula is C21H17Cl2N3O3. The molecule has 1 spiro atoms. The number of ether oxygens (including phenoxy) is 1. The van der Waals surface area contributed by atoms with Crippen molar-refractivity contribution in [2.45, 2.75) is 18.4 Å². The van der Waals surface area contributed by atoms with Gasteiger partial charge in [0.15, 0.2) is 0 Å². The molecule has 0 radical (unpaired) electrons. The summed E-state index contributed by atoms with van der Waals surface area (Å²) in [6.45, 7) is 1.44. The summed E-state index contributed by atoms with van der Waals surface area (Å²) in [4.78, 5) is 30.6. The summed E-state index contributed by atoms with van der Waals surface area (Å²) in [6.07, 6.45) is 2.16. The second-order valence-corrected chi connectivity index (χ2v) is 8.18. The highest BCUT2D eigenvalue weighted by Gasteiger charge is 2.48. The first-order valence-electron chi connectivity index (χ1n) is 9.33. The van der Waals surface area contributed by atoms with Crippen LogP contribution in [-0.4, -0.2) is 30.1 Å². The van der Waals surface area contributed by atoms with E-state index in [1.54, 1.807) is 42.6 Å². The number of nitrogens with one attached hydrogen (secondary N) is 2. The summed E-state index contributed by atoms with van der Waals surface area (Å²) in [7, 11) is 0. The molecule has 29 heavy (non-hydrogen) atoms. The lowest BCUT2D eigenvalue weighted by atomic mass is 9.82. The molecular weight excluding hydrogens is 413 g/mol. The third-order valence-corrected chi connectivity index (χ3v) is 6.11. The molecule has 0 saturated carbocycles. The van der Waals surface area contributed by atoms with Crippen LogP contribution in [0.1, 0.15) is 28.8 Å². The zero-order chi connectivity index (χ0) is 20.2. The lowest BCUT2D eigenvalue weighted by Crippen LogP contribution is -2.52. The highest BCUT2D eigenvalue weighted by molar-refractivity contribution is 6.32. The van der Waals surface area contributed by atoms with Crippen LogP contribution < -0.4 is 10.2 Å². The van der Waals surface area contributed by atoms with E-state index in [1.807, 2.05) is 0 Å². The van der Waals surface area contributed by atoms with Crippen LogP contribution in [0, 0.1) is 0 Å². The van der Waals surface area contributed by atoms with Crippen LogP contribution in [0.25, 0.3) is 10.9 Å². The van der Waals surface area contributed by atoms with Gasteiger partial charge in [0.1, 0.15) is 5.60 Å². The van der Waals surface area contributed by atoms with Gasteiger partial charge in [-0.3, -0.25) is 4.79 Å². The number of H-pyrrole nitrogens is 1. The van der Waals surface area contributed by atoms with Crippen LogP contribution in [0.4, 0.5) is 10.5 Å². The maximum atomic E-state index is 13.4. The lowest BCUT2D eigenvalue weighted by molar-refractivity contribution is -0.0170. The Morgan fingerprint density at radius 2 is 1.79 bits per heavy atom. The Balaban J connectivity index is 1.63. The monoisotopic (exact) mass is 429 g/mol. The van der Waals surface area contributed by atoms with E-state index in [1.165, 1.54) is 0 Å². The summed E-state index contributed by atoms with van der Waals surface area (Å²) in [5.74, 6) is -0.462. The molecule has 1 aromatic heterocycles. The molecule has 3 heterocycles. The Bertz CT molecular complexity index is 1150. The maximum absolute atomic E-state index is 13.4. The molecule has 0 aliphatic carbocycles. The highest BCUT2D eigenvalue weighted by Crippen LogP contribution is 2.46. The Hall–Kier alpha value is -2.54.